The van der Waals surface area contributed by atoms with Gasteiger partial charge in [0.25, 0.3) is 5.91 Å². The molecule has 0 spiro atoms. The van der Waals surface area contributed by atoms with Gasteiger partial charge in [-0.2, -0.15) is 0 Å². The summed E-state index contributed by atoms with van der Waals surface area (Å²) in [7, 11) is 0. The van der Waals surface area contributed by atoms with Gasteiger partial charge in [0.1, 0.15) is 0 Å². The SMILES string of the molecule is CC(NC(=O)c1cc(NC(=O)C(C)(C)CCl)ccc1N1CCCC1)c1ccccc1. The number of hydrogen-bond donors (Lipinski definition) is 2. The Hall–Kier alpha value is -2.53. The number of halogens is 1. The Morgan fingerprint density at radius 1 is 1.10 bits per heavy atom. The van der Waals surface area contributed by atoms with E-state index in [-0.39, 0.29) is 23.7 Å². The van der Waals surface area contributed by atoms with Crippen molar-refractivity contribution < 1.29 is 9.59 Å². The summed E-state index contributed by atoms with van der Waals surface area (Å²) in [5.41, 5.74) is 2.42. The summed E-state index contributed by atoms with van der Waals surface area (Å²) in [6, 6.07) is 15.3. The molecule has 1 atom stereocenters. The first-order valence-corrected chi connectivity index (χ1v) is 11.0. The molecule has 1 unspecified atom stereocenters. The highest BCUT2D eigenvalue weighted by molar-refractivity contribution is 6.20. The molecule has 1 fully saturated rings. The van der Waals surface area contributed by atoms with Crippen molar-refractivity contribution in [3.8, 4) is 0 Å². The molecule has 1 saturated heterocycles. The van der Waals surface area contributed by atoms with E-state index in [2.05, 4.69) is 15.5 Å². The van der Waals surface area contributed by atoms with Crippen LogP contribution in [0, 0.1) is 5.41 Å². The minimum absolute atomic E-state index is 0.126. The fourth-order valence-corrected chi connectivity index (χ4v) is 3.61. The number of alkyl halides is 1. The summed E-state index contributed by atoms with van der Waals surface area (Å²) in [4.78, 5) is 28.0. The number of nitrogens with one attached hydrogen (secondary N) is 2. The Morgan fingerprint density at radius 2 is 1.77 bits per heavy atom. The van der Waals surface area contributed by atoms with Crippen LogP contribution in [0.3, 0.4) is 0 Å². The highest BCUT2D eigenvalue weighted by Crippen LogP contribution is 2.29. The third kappa shape index (κ3) is 5.14. The summed E-state index contributed by atoms with van der Waals surface area (Å²) in [5, 5.41) is 6.01. The molecule has 2 aromatic rings. The molecular weight excluding hydrogens is 398 g/mol. The number of amides is 2. The molecule has 0 bridgehead atoms. The second-order valence-electron chi connectivity index (χ2n) is 8.50. The first-order valence-electron chi connectivity index (χ1n) is 10.4. The van der Waals surface area contributed by atoms with Gasteiger partial charge in [0.2, 0.25) is 5.91 Å². The van der Waals surface area contributed by atoms with Crippen LogP contribution in [0.1, 0.15) is 55.6 Å². The zero-order valence-corrected chi connectivity index (χ0v) is 18.6. The van der Waals surface area contributed by atoms with E-state index in [1.807, 2.05) is 49.4 Å². The first-order chi connectivity index (χ1) is 14.3. The molecule has 0 aliphatic carbocycles. The van der Waals surface area contributed by atoms with Gasteiger partial charge in [-0.25, -0.2) is 0 Å². The monoisotopic (exact) mass is 427 g/mol. The molecular formula is C24H30ClN3O2. The maximum absolute atomic E-state index is 13.2. The number of benzene rings is 2. The Kier molecular flexibility index (Phi) is 7.03. The molecule has 160 valence electrons. The zero-order chi connectivity index (χ0) is 21.7. The van der Waals surface area contributed by atoms with Crippen LogP contribution >= 0.6 is 11.6 Å². The van der Waals surface area contributed by atoms with E-state index in [9.17, 15) is 9.59 Å². The van der Waals surface area contributed by atoms with Crippen molar-refractivity contribution in [2.45, 2.75) is 39.7 Å². The van der Waals surface area contributed by atoms with Crippen molar-refractivity contribution in [2.75, 3.05) is 29.2 Å². The summed E-state index contributed by atoms with van der Waals surface area (Å²) in [6.45, 7) is 7.42. The first kappa shape index (κ1) is 22.2. The molecule has 5 nitrogen and oxygen atoms in total. The largest absolute Gasteiger partial charge is 0.371 e. The van der Waals surface area contributed by atoms with Crippen LogP contribution in [0.15, 0.2) is 48.5 Å². The molecule has 1 aliphatic heterocycles. The van der Waals surface area contributed by atoms with Crippen LogP contribution in [0.5, 0.6) is 0 Å². The summed E-state index contributed by atoms with van der Waals surface area (Å²) < 4.78 is 0. The van der Waals surface area contributed by atoms with Gasteiger partial charge in [-0.1, -0.05) is 30.3 Å². The number of rotatable bonds is 7. The molecule has 0 saturated carbocycles. The number of anilines is 2. The van der Waals surface area contributed by atoms with Crippen molar-refractivity contribution in [1.29, 1.82) is 0 Å². The van der Waals surface area contributed by atoms with E-state index in [1.165, 1.54) is 0 Å². The maximum Gasteiger partial charge on any atom is 0.253 e. The molecule has 6 heteroatoms. The van der Waals surface area contributed by atoms with E-state index in [1.54, 1.807) is 19.9 Å². The number of carbonyl (C=O) groups excluding carboxylic acids is 2. The van der Waals surface area contributed by atoms with Crippen molar-refractivity contribution >= 4 is 34.8 Å². The topological polar surface area (TPSA) is 61.4 Å². The fraction of sp³-hybridized carbons (Fsp3) is 0.417. The summed E-state index contributed by atoms with van der Waals surface area (Å²) >= 11 is 5.93. The molecule has 0 radical (unpaired) electrons. The lowest BCUT2D eigenvalue weighted by Crippen LogP contribution is -2.33. The summed E-state index contributed by atoms with van der Waals surface area (Å²) in [6.07, 6.45) is 2.23. The lowest BCUT2D eigenvalue weighted by Gasteiger charge is -2.24. The molecule has 2 aromatic carbocycles. The van der Waals surface area contributed by atoms with Crippen molar-refractivity contribution in [3.05, 3.63) is 59.7 Å². The molecule has 30 heavy (non-hydrogen) atoms. The van der Waals surface area contributed by atoms with Crippen LogP contribution in [-0.2, 0) is 4.79 Å². The third-order valence-electron chi connectivity index (χ3n) is 5.54. The lowest BCUT2D eigenvalue weighted by atomic mass is 9.95. The van der Waals surface area contributed by atoms with Crippen LogP contribution in [-0.4, -0.2) is 30.8 Å². The van der Waals surface area contributed by atoms with Gasteiger partial charge in [-0.15, -0.1) is 11.6 Å². The van der Waals surface area contributed by atoms with E-state index in [0.29, 0.717) is 11.3 Å². The Balaban J connectivity index is 1.87. The summed E-state index contributed by atoms with van der Waals surface area (Å²) in [5.74, 6) is -0.108. The minimum atomic E-state index is -0.695. The quantitative estimate of drug-likeness (QED) is 0.612. The normalized spacial score (nSPS) is 15.0. The predicted molar refractivity (Wildman–Crippen MR) is 123 cm³/mol. The van der Waals surface area contributed by atoms with E-state index >= 15 is 0 Å². The molecule has 2 amide bonds. The van der Waals surface area contributed by atoms with Gasteiger partial charge < -0.3 is 15.5 Å². The number of carbonyl (C=O) groups is 2. The highest BCUT2D eigenvalue weighted by Gasteiger charge is 2.27. The Bertz CT molecular complexity index is 893. The molecule has 2 N–H and O–H groups in total. The van der Waals surface area contributed by atoms with Crippen LogP contribution < -0.4 is 15.5 Å². The van der Waals surface area contributed by atoms with Crippen molar-refractivity contribution in [2.24, 2.45) is 5.41 Å². The minimum Gasteiger partial charge on any atom is -0.371 e. The van der Waals surface area contributed by atoms with Crippen molar-refractivity contribution in [3.63, 3.8) is 0 Å². The Morgan fingerprint density at radius 3 is 2.40 bits per heavy atom. The van der Waals surface area contributed by atoms with Crippen LogP contribution in [0.4, 0.5) is 11.4 Å². The van der Waals surface area contributed by atoms with E-state index < -0.39 is 5.41 Å². The van der Waals surface area contributed by atoms with Gasteiger partial charge >= 0.3 is 0 Å². The predicted octanol–water partition coefficient (Wildman–Crippen LogP) is 4.98. The van der Waals surface area contributed by atoms with Gasteiger partial charge in [0.05, 0.1) is 17.0 Å². The van der Waals surface area contributed by atoms with Crippen LogP contribution in [0.2, 0.25) is 0 Å². The maximum atomic E-state index is 13.2. The number of hydrogen-bond acceptors (Lipinski definition) is 3. The third-order valence-corrected chi connectivity index (χ3v) is 6.21. The van der Waals surface area contributed by atoms with Crippen molar-refractivity contribution in [1.82, 2.24) is 5.32 Å². The highest BCUT2D eigenvalue weighted by atomic mass is 35.5. The molecule has 0 aromatic heterocycles. The van der Waals surface area contributed by atoms with Gasteiger partial charge in [0, 0.05) is 30.3 Å². The van der Waals surface area contributed by atoms with E-state index in [0.717, 1.165) is 37.2 Å². The average molecular weight is 428 g/mol. The van der Waals surface area contributed by atoms with Gasteiger partial charge in [-0.05, 0) is 57.4 Å². The second-order valence-corrected chi connectivity index (χ2v) is 8.77. The lowest BCUT2D eigenvalue weighted by molar-refractivity contribution is -0.122. The number of nitrogens with zero attached hydrogens (tertiary/aromatic N) is 1. The molecule has 1 heterocycles. The smallest absolute Gasteiger partial charge is 0.253 e. The van der Waals surface area contributed by atoms with Gasteiger partial charge in [-0.3, -0.25) is 9.59 Å². The molecule has 1 aliphatic rings. The average Bonchev–Trinajstić information content (AvgIpc) is 3.29. The Labute approximate surface area is 183 Å². The van der Waals surface area contributed by atoms with E-state index in [4.69, 9.17) is 11.6 Å². The second kappa shape index (κ2) is 9.52. The standard InChI is InChI=1S/C24H30ClN3O2/c1-17(18-9-5-4-6-10-18)26-22(29)20-15-19(27-23(30)24(2,3)16-25)11-12-21(20)28-13-7-8-14-28/h4-6,9-12,15,17H,7-8,13-14,16H2,1-3H3,(H,26,29)(H,27,30). The molecule has 3 rings (SSSR count). The fourth-order valence-electron chi connectivity index (χ4n) is 3.49. The van der Waals surface area contributed by atoms with Crippen LogP contribution in [0.25, 0.3) is 0 Å². The zero-order valence-electron chi connectivity index (χ0n) is 17.9. The van der Waals surface area contributed by atoms with Gasteiger partial charge in [0.15, 0.2) is 0 Å².